The molecule has 1 aliphatic heterocycles. The maximum Gasteiger partial charge on any atom is 0.156 e. The number of methoxy groups -OCH3 is 1. The van der Waals surface area contributed by atoms with Crippen LogP contribution in [-0.4, -0.2) is 43.1 Å². The maximum absolute atomic E-state index is 11.1. The molecular formula is C13H16ClN3O2. The summed E-state index contributed by atoms with van der Waals surface area (Å²) >= 11 is 5.99. The van der Waals surface area contributed by atoms with Gasteiger partial charge in [0.1, 0.15) is 16.8 Å². The highest BCUT2D eigenvalue weighted by molar-refractivity contribution is 6.32. The second kappa shape index (κ2) is 6.12. The van der Waals surface area contributed by atoms with Crippen LogP contribution in [0, 0.1) is 6.92 Å². The second-order valence-electron chi connectivity index (χ2n) is 4.41. The summed E-state index contributed by atoms with van der Waals surface area (Å²) in [4.78, 5) is 21.5. The van der Waals surface area contributed by atoms with Crippen molar-refractivity contribution >= 4 is 23.7 Å². The van der Waals surface area contributed by atoms with Crippen LogP contribution in [0.15, 0.2) is 11.6 Å². The minimum Gasteiger partial charge on any atom is -0.380 e. The molecule has 0 atom stereocenters. The molecule has 0 unspecified atom stereocenters. The SMILES string of the molecule is COCC1=CCN(c2nc(C)nc(Cl)c2C=O)CC1. The lowest BCUT2D eigenvalue weighted by Gasteiger charge is -2.28. The number of nitrogens with zero attached hydrogens (tertiary/aromatic N) is 3. The minimum atomic E-state index is 0.212. The van der Waals surface area contributed by atoms with E-state index in [1.807, 2.05) is 4.90 Å². The Hall–Kier alpha value is -1.46. The summed E-state index contributed by atoms with van der Waals surface area (Å²) in [6.07, 6.45) is 3.71. The van der Waals surface area contributed by atoms with E-state index in [4.69, 9.17) is 16.3 Å². The van der Waals surface area contributed by atoms with Gasteiger partial charge < -0.3 is 9.64 Å². The lowest BCUT2D eigenvalue weighted by Crippen LogP contribution is -2.31. The first kappa shape index (κ1) is 14.0. The van der Waals surface area contributed by atoms with E-state index in [1.165, 1.54) is 5.57 Å². The Balaban J connectivity index is 2.26. The third kappa shape index (κ3) is 3.11. The van der Waals surface area contributed by atoms with Gasteiger partial charge >= 0.3 is 0 Å². The number of hydrogen-bond donors (Lipinski definition) is 0. The van der Waals surface area contributed by atoms with Crippen molar-refractivity contribution < 1.29 is 9.53 Å². The zero-order chi connectivity index (χ0) is 13.8. The maximum atomic E-state index is 11.1. The molecule has 0 aromatic carbocycles. The standard InChI is InChI=1S/C13H16ClN3O2/c1-9-15-12(14)11(7-18)13(16-9)17-5-3-10(4-6-17)8-19-2/h3,7H,4-6,8H2,1-2H3. The Morgan fingerprint density at radius 3 is 2.89 bits per heavy atom. The van der Waals surface area contributed by atoms with Gasteiger partial charge in [0, 0.05) is 20.2 Å². The first-order valence-electron chi connectivity index (χ1n) is 6.06. The topological polar surface area (TPSA) is 55.3 Å². The van der Waals surface area contributed by atoms with Crippen LogP contribution in [0.1, 0.15) is 22.6 Å². The predicted octanol–water partition coefficient (Wildman–Crippen LogP) is 2.03. The van der Waals surface area contributed by atoms with Crippen LogP contribution in [0.3, 0.4) is 0 Å². The molecule has 19 heavy (non-hydrogen) atoms. The van der Waals surface area contributed by atoms with Crippen molar-refractivity contribution in [1.29, 1.82) is 0 Å². The van der Waals surface area contributed by atoms with E-state index >= 15 is 0 Å². The average Bonchev–Trinajstić information content (AvgIpc) is 2.39. The zero-order valence-electron chi connectivity index (χ0n) is 11.0. The summed E-state index contributed by atoms with van der Waals surface area (Å²) in [5.41, 5.74) is 1.62. The number of aromatic nitrogens is 2. The van der Waals surface area contributed by atoms with Gasteiger partial charge in [0.15, 0.2) is 6.29 Å². The molecule has 102 valence electrons. The molecule has 0 radical (unpaired) electrons. The van der Waals surface area contributed by atoms with Crippen molar-refractivity contribution in [3.8, 4) is 0 Å². The quantitative estimate of drug-likeness (QED) is 0.480. The van der Waals surface area contributed by atoms with E-state index in [0.29, 0.717) is 36.6 Å². The molecule has 0 fully saturated rings. The smallest absolute Gasteiger partial charge is 0.156 e. The Morgan fingerprint density at radius 2 is 2.32 bits per heavy atom. The Bertz CT molecular complexity index is 517. The van der Waals surface area contributed by atoms with E-state index in [9.17, 15) is 4.79 Å². The molecule has 0 amide bonds. The molecule has 0 saturated carbocycles. The largest absolute Gasteiger partial charge is 0.380 e. The zero-order valence-corrected chi connectivity index (χ0v) is 11.8. The van der Waals surface area contributed by atoms with Gasteiger partial charge in [0.25, 0.3) is 0 Å². The number of ether oxygens (including phenoxy) is 1. The monoisotopic (exact) mass is 281 g/mol. The fourth-order valence-corrected chi connectivity index (χ4v) is 2.35. The fourth-order valence-electron chi connectivity index (χ4n) is 2.10. The summed E-state index contributed by atoms with van der Waals surface area (Å²) in [6, 6.07) is 0. The molecule has 2 heterocycles. The van der Waals surface area contributed by atoms with Gasteiger partial charge in [-0.2, -0.15) is 0 Å². The van der Waals surface area contributed by atoms with Gasteiger partial charge in [-0.25, -0.2) is 9.97 Å². The van der Waals surface area contributed by atoms with E-state index in [0.717, 1.165) is 13.0 Å². The molecule has 1 aromatic rings. The van der Waals surface area contributed by atoms with Crippen molar-refractivity contribution in [2.24, 2.45) is 0 Å². The van der Waals surface area contributed by atoms with Crippen LogP contribution in [0.25, 0.3) is 0 Å². The van der Waals surface area contributed by atoms with Crippen molar-refractivity contribution in [1.82, 2.24) is 9.97 Å². The Morgan fingerprint density at radius 1 is 1.53 bits per heavy atom. The van der Waals surface area contributed by atoms with Crippen molar-refractivity contribution in [3.05, 3.63) is 28.2 Å². The molecule has 0 aliphatic carbocycles. The van der Waals surface area contributed by atoms with Gasteiger partial charge in [-0.15, -0.1) is 0 Å². The highest BCUT2D eigenvalue weighted by Crippen LogP contribution is 2.25. The van der Waals surface area contributed by atoms with Crippen LogP contribution in [0.5, 0.6) is 0 Å². The molecular weight excluding hydrogens is 266 g/mol. The number of hydrogen-bond acceptors (Lipinski definition) is 5. The summed E-state index contributed by atoms with van der Waals surface area (Å²) in [5.74, 6) is 1.18. The fraction of sp³-hybridized carbons (Fsp3) is 0.462. The van der Waals surface area contributed by atoms with Gasteiger partial charge in [-0.1, -0.05) is 17.7 Å². The Kier molecular flexibility index (Phi) is 4.50. The number of anilines is 1. The van der Waals surface area contributed by atoms with Gasteiger partial charge in [0.2, 0.25) is 0 Å². The number of carbonyl (C=O) groups excluding carboxylic acids is 1. The third-order valence-corrected chi connectivity index (χ3v) is 3.33. The van der Waals surface area contributed by atoms with Crippen LogP contribution < -0.4 is 4.90 Å². The molecule has 0 saturated heterocycles. The number of aldehydes is 1. The number of rotatable bonds is 4. The number of aryl methyl sites for hydroxylation is 1. The number of carbonyl (C=O) groups is 1. The van der Waals surface area contributed by atoms with Gasteiger partial charge in [-0.3, -0.25) is 4.79 Å². The van der Waals surface area contributed by atoms with Gasteiger partial charge in [-0.05, 0) is 18.9 Å². The van der Waals surface area contributed by atoms with Crippen molar-refractivity contribution in [3.63, 3.8) is 0 Å². The molecule has 0 spiro atoms. The normalized spacial score (nSPS) is 15.3. The average molecular weight is 282 g/mol. The second-order valence-corrected chi connectivity index (χ2v) is 4.77. The molecule has 1 aliphatic rings. The lowest BCUT2D eigenvalue weighted by molar-refractivity contribution is 0.112. The van der Waals surface area contributed by atoms with E-state index < -0.39 is 0 Å². The van der Waals surface area contributed by atoms with Crippen LogP contribution in [-0.2, 0) is 4.74 Å². The molecule has 2 rings (SSSR count). The molecule has 0 N–H and O–H groups in total. The first-order chi connectivity index (χ1) is 9.15. The lowest BCUT2D eigenvalue weighted by atomic mass is 10.1. The minimum absolute atomic E-state index is 0.212. The summed E-state index contributed by atoms with van der Waals surface area (Å²) in [5, 5.41) is 0.212. The third-order valence-electron chi connectivity index (χ3n) is 3.04. The van der Waals surface area contributed by atoms with Crippen LogP contribution in [0.4, 0.5) is 5.82 Å². The first-order valence-corrected chi connectivity index (χ1v) is 6.44. The van der Waals surface area contributed by atoms with E-state index in [-0.39, 0.29) is 5.15 Å². The molecule has 6 heteroatoms. The molecule has 0 bridgehead atoms. The van der Waals surface area contributed by atoms with Crippen molar-refractivity contribution in [2.75, 3.05) is 31.7 Å². The highest BCUT2D eigenvalue weighted by Gasteiger charge is 2.19. The number of halogens is 1. The summed E-state index contributed by atoms with van der Waals surface area (Å²) in [6.45, 7) is 3.91. The molecule has 1 aromatic heterocycles. The highest BCUT2D eigenvalue weighted by atomic mass is 35.5. The molecule has 5 nitrogen and oxygen atoms in total. The van der Waals surface area contributed by atoms with Crippen LogP contribution >= 0.6 is 11.6 Å². The van der Waals surface area contributed by atoms with E-state index in [1.54, 1.807) is 14.0 Å². The summed E-state index contributed by atoms with van der Waals surface area (Å²) < 4.78 is 5.12. The van der Waals surface area contributed by atoms with Crippen molar-refractivity contribution in [2.45, 2.75) is 13.3 Å². The van der Waals surface area contributed by atoms with Gasteiger partial charge in [0.05, 0.1) is 12.2 Å². The predicted molar refractivity (Wildman–Crippen MR) is 74.0 cm³/mol. The summed E-state index contributed by atoms with van der Waals surface area (Å²) in [7, 11) is 1.69. The Labute approximate surface area is 117 Å². The van der Waals surface area contributed by atoms with E-state index in [2.05, 4.69) is 16.0 Å². The van der Waals surface area contributed by atoms with Crippen LogP contribution in [0.2, 0.25) is 5.15 Å².